The van der Waals surface area contributed by atoms with Crippen molar-refractivity contribution in [3.05, 3.63) is 18.7 Å². The van der Waals surface area contributed by atoms with Gasteiger partial charge in [0.1, 0.15) is 0 Å². The Bertz CT molecular complexity index is 218. The molecule has 0 aliphatic rings. The van der Waals surface area contributed by atoms with Crippen molar-refractivity contribution >= 4 is 0 Å². The topological polar surface area (TPSA) is 21.1 Å². The summed E-state index contributed by atoms with van der Waals surface area (Å²) >= 11 is 0. The Hall–Kier alpha value is -0.830. The molecule has 0 saturated heterocycles. The third kappa shape index (κ3) is 3.19. The monoisotopic (exact) mass is 181 g/mol. The summed E-state index contributed by atoms with van der Waals surface area (Å²) in [4.78, 5) is 6.37. The highest BCUT2D eigenvalue weighted by atomic mass is 15.1. The van der Waals surface area contributed by atoms with Crippen LogP contribution in [0.25, 0.3) is 0 Å². The van der Waals surface area contributed by atoms with Crippen molar-refractivity contribution < 1.29 is 0 Å². The maximum absolute atomic E-state index is 4.04. The molecule has 1 unspecified atom stereocenters. The van der Waals surface area contributed by atoms with Crippen molar-refractivity contribution in [1.29, 1.82) is 0 Å². The largest absolute Gasteiger partial charge is 0.335 e. The summed E-state index contributed by atoms with van der Waals surface area (Å²) in [6.07, 6.45) is 6.92. The van der Waals surface area contributed by atoms with Gasteiger partial charge in [-0.25, -0.2) is 4.98 Å². The zero-order valence-electron chi connectivity index (χ0n) is 8.77. The fourth-order valence-electron chi connectivity index (χ4n) is 1.24. The van der Waals surface area contributed by atoms with Gasteiger partial charge in [-0.15, -0.1) is 0 Å². The molecule has 0 spiro atoms. The molecule has 0 N–H and O–H groups in total. The zero-order valence-corrected chi connectivity index (χ0v) is 8.77. The Morgan fingerprint density at radius 2 is 2.31 bits per heavy atom. The second kappa shape index (κ2) is 5.02. The van der Waals surface area contributed by atoms with Crippen LogP contribution in [-0.2, 0) is 0 Å². The van der Waals surface area contributed by atoms with Crippen molar-refractivity contribution in [1.82, 2.24) is 14.5 Å². The minimum Gasteiger partial charge on any atom is -0.335 e. The number of hydrogen-bond donors (Lipinski definition) is 0. The second-order valence-corrected chi connectivity index (χ2v) is 3.54. The van der Waals surface area contributed by atoms with Gasteiger partial charge in [-0.05, 0) is 33.5 Å². The molecule has 0 radical (unpaired) electrons. The van der Waals surface area contributed by atoms with Gasteiger partial charge in [-0.2, -0.15) is 0 Å². The summed E-state index contributed by atoms with van der Waals surface area (Å²) in [6, 6.07) is 0.552. The highest BCUT2D eigenvalue weighted by molar-refractivity contribution is 4.78. The molecule has 3 heteroatoms. The fraction of sp³-hybridized carbons (Fsp3) is 0.700. The molecule has 0 saturated carbocycles. The van der Waals surface area contributed by atoms with E-state index in [9.17, 15) is 0 Å². The van der Waals surface area contributed by atoms with Gasteiger partial charge in [0.25, 0.3) is 0 Å². The van der Waals surface area contributed by atoms with Gasteiger partial charge in [0, 0.05) is 18.4 Å². The van der Waals surface area contributed by atoms with E-state index in [1.54, 1.807) is 0 Å². The van der Waals surface area contributed by atoms with Crippen LogP contribution in [0.2, 0.25) is 0 Å². The van der Waals surface area contributed by atoms with Gasteiger partial charge in [-0.3, -0.25) is 0 Å². The van der Waals surface area contributed by atoms with Gasteiger partial charge in [-0.1, -0.05) is 6.92 Å². The van der Waals surface area contributed by atoms with Crippen molar-refractivity contribution in [3.8, 4) is 0 Å². The van der Waals surface area contributed by atoms with Crippen LogP contribution in [-0.4, -0.2) is 34.6 Å². The fourth-order valence-corrected chi connectivity index (χ4v) is 1.24. The van der Waals surface area contributed by atoms with E-state index in [4.69, 9.17) is 0 Å². The Morgan fingerprint density at radius 3 is 2.85 bits per heavy atom. The van der Waals surface area contributed by atoms with Gasteiger partial charge in [0.15, 0.2) is 0 Å². The summed E-state index contributed by atoms with van der Waals surface area (Å²) in [5.41, 5.74) is 0. The molecule has 1 atom stereocenters. The van der Waals surface area contributed by atoms with Gasteiger partial charge in [0.05, 0.1) is 6.33 Å². The van der Waals surface area contributed by atoms with Crippen LogP contribution in [0.3, 0.4) is 0 Å². The summed E-state index contributed by atoms with van der Waals surface area (Å²) in [5, 5.41) is 0. The number of rotatable bonds is 5. The predicted molar refractivity (Wildman–Crippen MR) is 54.7 cm³/mol. The number of hydrogen-bond acceptors (Lipinski definition) is 2. The molecule has 1 aromatic heterocycles. The number of aromatic nitrogens is 2. The molecular weight excluding hydrogens is 162 g/mol. The predicted octanol–water partition coefficient (Wildman–Crippen LogP) is 1.79. The van der Waals surface area contributed by atoms with E-state index in [0.717, 1.165) is 13.1 Å². The number of nitrogens with zero attached hydrogens (tertiary/aromatic N) is 3. The Morgan fingerprint density at radius 1 is 1.54 bits per heavy atom. The smallest absolute Gasteiger partial charge is 0.0948 e. The lowest BCUT2D eigenvalue weighted by atomic mass is 10.2. The molecule has 1 heterocycles. The van der Waals surface area contributed by atoms with Crippen molar-refractivity contribution in [2.45, 2.75) is 26.3 Å². The lowest BCUT2D eigenvalue weighted by Gasteiger charge is -2.18. The van der Waals surface area contributed by atoms with Crippen molar-refractivity contribution in [3.63, 3.8) is 0 Å². The van der Waals surface area contributed by atoms with Crippen molar-refractivity contribution in [2.24, 2.45) is 0 Å². The quantitative estimate of drug-likeness (QED) is 0.690. The molecule has 0 bridgehead atoms. The molecule has 74 valence electrons. The Kier molecular flexibility index (Phi) is 3.96. The molecule has 0 fully saturated rings. The molecule has 1 aromatic rings. The average Bonchev–Trinajstić information content (AvgIpc) is 2.66. The van der Waals surface area contributed by atoms with Crippen LogP contribution in [0.1, 0.15) is 26.3 Å². The van der Waals surface area contributed by atoms with E-state index < -0.39 is 0 Å². The van der Waals surface area contributed by atoms with Crippen molar-refractivity contribution in [2.75, 3.05) is 20.1 Å². The van der Waals surface area contributed by atoms with Crippen LogP contribution < -0.4 is 0 Å². The zero-order chi connectivity index (χ0) is 9.68. The minimum atomic E-state index is 0.552. The lowest BCUT2D eigenvalue weighted by molar-refractivity contribution is 0.318. The second-order valence-electron chi connectivity index (χ2n) is 3.54. The van der Waals surface area contributed by atoms with E-state index in [1.807, 2.05) is 18.7 Å². The Labute approximate surface area is 80.4 Å². The van der Waals surface area contributed by atoms with E-state index in [2.05, 4.69) is 35.3 Å². The molecule has 0 aliphatic carbocycles. The van der Waals surface area contributed by atoms with Crippen LogP contribution >= 0.6 is 0 Å². The maximum atomic E-state index is 4.04. The molecule has 0 aromatic carbocycles. The van der Waals surface area contributed by atoms with E-state index in [1.165, 1.54) is 6.42 Å². The van der Waals surface area contributed by atoms with E-state index >= 15 is 0 Å². The average molecular weight is 181 g/mol. The normalized spacial score (nSPS) is 13.5. The molecule has 13 heavy (non-hydrogen) atoms. The summed E-state index contributed by atoms with van der Waals surface area (Å²) in [7, 11) is 2.15. The van der Waals surface area contributed by atoms with Crippen LogP contribution in [0.15, 0.2) is 18.7 Å². The van der Waals surface area contributed by atoms with E-state index in [-0.39, 0.29) is 0 Å². The third-order valence-corrected chi connectivity index (χ3v) is 2.50. The van der Waals surface area contributed by atoms with Crippen LogP contribution in [0.4, 0.5) is 0 Å². The number of imidazole rings is 1. The van der Waals surface area contributed by atoms with Crippen LogP contribution in [0, 0.1) is 0 Å². The molecule has 1 rings (SSSR count). The lowest BCUT2D eigenvalue weighted by Crippen LogP contribution is -2.21. The maximum Gasteiger partial charge on any atom is 0.0948 e. The first-order chi connectivity index (χ1) is 6.24. The van der Waals surface area contributed by atoms with Gasteiger partial charge >= 0.3 is 0 Å². The first-order valence-corrected chi connectivity index (χ1v) is 4.90. The van der Waals surface area contributed by atoms with Gasteiger partial charge < -0.3 is 9.47 Å². The summed E-state index contributed by atoms with van der Waals surface area (Å²) in [6.45, 7) is 6.68. The standard InChI is InChI=1S/C10H19N3/c1-4-12(3)7-5-10(2)13-8-6-11-9-13/h6,8-10H,4-5,7H2,1-3H3. The summed E-state index contributed by atoms with van der Waals surface area (Å²) < 4.78 is 2.16. The molecular formula is C10H19N3. The SMILES string of the molecule is CCN(C)CCC(C)n1ccnc1. The van der Waals surface area contributed by atoms with E-state index in [0.29, 0.717) is 6.04 Å². The molecule has 0 amide bonds. The molecule has 0 aliphatic heterocycles. The first-order valence-electron chi connectivity index (χ1n) is 4.90. The highest BCUT2D eigenvalue weighted by Crippen LogP contribution is 2.09. The van der Waals surface area contributed by atoms with Crippen LogP contribution in [0.5, 0.6) is 0 Å². The Balaban J connectivity index is 2.30. The first kappa shape index (κ1) is 10.3. The molecule has 3 nitrogen and oxygen atoms in total. The highest BCUT2D eigenvalue weighted by Gasteiger charge is 2.04. The van der Waals surface area contributed by atoms with Gasteiger partial charge in [0.2, 0.25) is 0 Å². The summed E-state index contributed by atoms with van der Waals surface area (Å²) in [5.74, 6) is 0. The third-order valence-electron chi connectivity index (χ3n) is 2.50. The minimum absolute atomic E-state index is 0.552.